The summed E-state index contributed by atoms with van der Waals surface area (Å²) in [6.07, 6.45) is 3.91. The molecular formula is C22H26N4O2. The average Bonchev–Trinajstić information content (AvgIpc) is 3.25. The summed E-state index contributed by atoms with van der Waals surface area (Å²) in [4.78, 5) is 2.45. The Morgan fingerprint density at radius 1 is 0.964 bits per heavy atom. The van der Waals surface area contributed by atoms with Crippen molar-refractivity contribution < 1.29 is 9.15 Å². The summed E-state index contributed by atoms with van der Waals surface area (Å²) in [6.45, 7) is 4.32. The molecule has 1 aromatic heterocycles. The SMILES string of the molecule is COc1ccc(-c2nnc(C(C)Nc3ccc(N4CCCCC4)cc3)o2)cc1. The number of piperidine rings is 1. The maximum Gasteiger partial charge on any atom is 0.247 e. The minimum absolute atomic E-state index is 0.0830. The van der Waals surface area contributed by atoms with E-state index in [9.17, 15) is 0 Å². The molecule has 1 N–H and O–H groups in total. The van der Waals surface area contributed by atoms with Gasteiger partial charge in [0.05, 0.1) is 7.11 Å². The van der Waals surface area contributed by atoms with Crippen molar-refractivity contribution in [2.75, 3.05) is 30.4 Å². The molecule has 0 bridgehead atoms. The summed E-state index contributed by atoms with van der Waals surface area (Å²) in [5.74, 6) is 1.86. The summed E-state index contributed by atoms with van der Waals surface area (Å²) in [6, 6.07) is 16.1. The third-order valence-corrected chi connectivity index (χ3v) is 5.12. The van der Waals surface area contributed by atoms with Gasteiger partial charge in [-0.1, -0.05) is 0 Å². The Kier molecular flexibility index (Phi) is 5.46. The van der Waals surface area contributed by atoms with Crippen molar-refractivity contribution in [1.29, 1.82) is 0 Å². The van der Waals surface area contributed by atoms with Crippen LogP contribution in [0.3, 0.4) is 0 Å². The molecule has 1 atom stereocenters. The van der Waals surface area contributed by atoms with Crippen LogP contribution in [0, 0.1) is 0 Å². The number of ether oxygens (including phenoxy) is 1. The van der Waals surface area contributed by atoms with Crippen LogP contribution in [0.15, 0.2) is 52.9 Å². The van der Waals surface area contributed by atoms with E-state index in [1.165, 1.54) is 24.9 Å². The summed E-state index contributed by atoms with van der Waals surface area (Å²) < 4.78 is 11.0. The van der Waals surface area contributed by atoms with Crippen LogP contribution in [0.5, 0.6) is 5.75 Å². The van der Waals surface area contributed by atoms with Gasteiger partial charge in [0.15, 0.2) is 0 Å². The molecule has 1 aliphatic rings. The van der Waals surface area contributed by atoms with Crippen molar-refractivity contribution in [3.05, 3.63) is 54.4 Å². The first-order chi connectivity index (χ1) is 13.7. The molecule has 1 aliphatic heterocycles. The number of benzene rings is 2. The summed E-state index contributed by atoms with van der Waals surface area (Å²) >= 11 is 0. The Morgan fingerprint density at radius 2 is 1.68 bits per heavy atom. The highest BCUT2D eigenvalue weighted by atomic mass is 16.5. The minimum Gasteiger partial charge on any atom is -0.497 e. The second-order valence-corrected chi connectivity index (χ2v) is 7.13. The molecule has 2 heterocycles. The maximum absolute atomic E-state index is 5.86. The van der Waals surface area contributed by atoms with Crippen LogP contribution in [0.25, 0.3) is 11.5 Å². The van der Waals surface area contributed by atoms with Gasteiger partial charge in [-0.3, -0.25) is 0 Å². The smallest absolute Gasteiger partial charge is 0.247 e. The molecule has 0 saturated carbocycles. The van der Waals surface area contributed by atoms with E-state index in [1.54, 1.807) is 7.11 Å². The van der Waals surface area contributed by atoms with Gasteiger partial charge < -0.3 is 19.4 Å². The van der Waals surface area contributed by atoms with E-state index < -0.39 is 0 Å². The molecule has 4 rings (SSSR count). The zero-order valence-corrected chi connectivity index (χ0v) is 16.4. The zero-order valence-electron chi connectivity index (χ0n) is 16.4. The van der Waals surface area contributed by atoms with Crippen LogP contribution in [0.4, 0.5) is 11.4 Å². The average molecular weight is 378 g/mol. The van der Waals surface area contributed by atoms with E-state index in [4.69, 9.17) is 9.15 Å². The Bertz CT molecular complexity index is 884. The lowest BCUT2D eigenvalue weighted by atomic mass is 10.1. The summed E-state index contributed by atoms with van der Waals surface area (Å²) in [5.41, 5.74) is 3.20. The first-order valence-corrected chi connectivity index (χ1v) is 9.82. The molecule has 1 unspecified atom stereocenters. The highest BCUT2D eigenvalue weighted by Gasteiger charge is 2.16. The van der Waals surface area contributed by atoms with Gasteiger partial charge >= 0.3 is 0 Å². The molecule has 28 heavy (non-hydrogen) atoms. The number of hydrogen-bond acceptors (Lipinski definition) is 6. The van der Waals surface area contributed by atoms with Gasteiger partial charge in [0.1, 0.15) is 11.8 Å². The zero-order chi connectivity index (χ0) is 19.3. The molecule has 0 spiro atoms. The number of methoxy groups -OCH3 is 1. The van der Waals surface area contributed by atoms with Gasteiger partial charge in [0.25, 0.3) is 0 Å². The van der Waals surface area contributed by atoms with Crippen LogP contribution >= 0.6 is 0 Å². The number of anilines is 2. The van der Waals surface area contributed by atoms with Crippen LogP contribution in [-0.4, -0.2) is 30.4 Å². The Morgan fingerprint density at radius 3 is 2.36 bits per heavy atom. The summed E-state index contributed by atoms with van der Waals surface area (Å²) in [7, 11) is 1.65. The molecule has 1 saturated heterocycles. The molecule has 1 fully saturated rings. The van der Waals surface area contributed by atoms with Crippen LogP contribution < -0.4 is 15.0 Å². The Labute approximate surface area is 165 Å². The van der Waals surface area contributed by atoms with Gasteiger partial charge in [-0.2, -0.15) is 0 Å². The third kappa shape index (κ3) is 4.11. The number of hydrogen-bond donors (Lipinski definition) is 1. The lowest BCUT2D eigenvalue weighted by Gasteiger charge is -2.29. The monoisotopic (exact) mass is 378 g/mol. The molecular weight excluding hydrogens is 352 g/mol. The quantitative estimate of drug-likeness (QED) is 0.658. The second kappa shape index (κ2) is 8.33. The number of aromatic nitrogens is 2. The van der Waals surface area contributed by atoms with E-state index in [0.717, 1.165) is 30.1 Å². The molecule has 0 radical (unpaired) electrons. The van der Waals surface area contributed by atoms with Gasteiger partial charge in [-0.15, -0.1) is 10.2 Å². The van der Waals surface area contributed by atoms with Gasteiger partial charge in [-0.25, -0.2) is 0 Å². The first-order valence-electron chi connectivity index (χ1n) is 9.82. The van der Waals surface area contributed by atoms with Crippen LogP contribution in [0.2, 0.25) is 0 Å². The van der Waals surface area contributed by atoms with Gasteiger partial charge in [-0.05, 0) is 74.7 Å². The lowest BCUT2D eigenvalue weighted by Crippen LogP contribution is -2.29. The molecule has 6 heteroatoms. The van der Waals surface area contributed by atoms with Crippen molar-refractivity contribution in [1.82, 2.24) is 10.2 Å². The molecule has 6 nitrogen and oxygen atoms in total. The van der Waals surface area contributed by atoms with Crippen molar-refractivity contribution in [2.45, 2.75) is 32.2 Å². The number of nitrogens with zero attached hydrogens (tertiary/aromatic N) is 3. The lowest BCUT2D eigenvalue weighted by molar-refractivity contribution is 0.415. The van der Waals surface area contributed by atoms with Crippen molar-refractivity contribution in [3.63, 3.8) is 0 Å². The number of nitrogens with one attached hydrogen (secondary N) is 1. The molecule has 2 aromatic carbocycles. The first kappa shape index (κ1) is 18.3. The van der Waals surface area contributed by atoms with E-state index >= 15 is 0 Å². The Hall–Kier alpha value is -3.02. The maximum atomic E-state index is 5.86. The fourth-order valence-corrected chi connectivity index (χ4v) is 3.49. The van der Waals surface area contributed by atoms with Crippen LogP contribution in [0.1, 0.15) is 38.1 Å². The van der Waals surface area contributed by atoms with Crippen molar-refractivity contribution in [3.8, 4) is 17.2 Å². The normalized spacial score (nSPS) is 15.3. The number of rotatable bonds is 6. The minimum atomic E-state index is -0.0830. The predicted molar refractivity (Wildman–Crippen MR) is 111 cm³/mol. The molecule has 0 amide bonds. The standard InChI is InChI=1S/C22H26N4O2/c1-16(21-24-25-22(28-21)17-6-12-20(27-2)13-7-17)23-18-8-10-19(11-9-18)26-14-4-3-5-15-26/h6-13,16,23H,3-5,14-15H2,1-2H3. The van der Waals surface area contributed by atoms with Crippen molar-refractivity contribution >= 4 is 11.4 Å². The van der Waals surface area contributed by atoms with Crippen LogP contribution in [-0.2, 0) is 0 Å². The third-order valence-electron chi connectivity index (χ3n) is 5.12. The van der Waals surface area contributed by atoms with Gasteiger partial charge in [0, 0.05) is 30.0 Å². The molecule has 146 valence electrons. The Balaban J connectivity index is 1.40. The largest absolute Gasteiger partial charge is 0.497 e. The van der Waals surface area contributed by atoms with E-state index in [2.05, 4.69) is 44.7 Å². The van der Waals surface area contributed by atoms with E-state index in [0.29, 0.717) is 11.8 Å². The topological polar surface area (TPSA) is 63.4 Å². The predicted octanol–water partition coefficient (Wildman–Crippen LogP) is 4.91. The highest BCUT2D eigenvalue weighted by Crippen LogP contribution is 2.26. The van der Waals surface area contributed by atoms with E-state index in [-0.39, 0.29) is 6.04 Å². The highest BCUT2D eigenvalue weighted by molar-refractivity contribution is 5.56. The fraction of sp³-hybridized carbons (Fsp3) is 0.364. The fourth-order valence-electron chi connectivity index (χ4n) is 3.49. The molecule has 3 aromatic rings. The van der Waals surface area contributed by atoms with Gasteiger partial charge in [0.2, 0.25) is 11.8 Å². The van der Waals surface area contributed by atoms with Crippen molar-refractivity contribution in [2.24, 2.45) is 0 Å². The van der Waals surface area contributed by atoms with E-state index in [1.807, 2.05) is 31.2 Å². The summed E-state index contributed by atoms with van der Waals surface area (Å²) in [5, 5.41) is 11.8. The second-order valence-electron chi connectivity index (χ2n) is 7.13. The molecule has 0 aliphatic carbocycles.